The molecular formula is C23H26N4O4. The Hall–Kier alpha value is -3.18. The number of hydrogen-bond donors (Lipinski definition) is 1. The van der Waals surface area contributed by atoms with Gasteiger partial charge in [0, 0.05) is 45.2 Å². The van der Waals surface area contributed by atoms with Crippen molar-refractivity contribution in [1.29, 1.82) is 5.26 Å². The average Bonchev–Trinajstić information content (AvgIpc) is 2.80. The molecule has 8 nitrogen and oxygen atoms in total. The summed E-state index contributed by atoms with van der Waals surface area (Å²) < 4.78 is 11.3. The Labute approximate surface area is 180 Å². The zero-order chi connectivity index (χ0) is 21.6. The van der Waals surface area contributed by atoms with Crippen LogP contribution in [0, 0.1) is 11.3 Å². The number of ether oxygens (including phenoxy) is 2. The van der Waals surface area contributed by atoms with E-state index in [1.165, 1.54) is 0 Å². The quantitative estimate of drug-likeness (QED) is 0.764. The Balaban J connectivity index is 1.21. The summed E-state index contributed by atoms with van der Waals surface area (Å²) >= 11 is 0. The fraction of sp³-hybridized carbons (Fsp3) is 0.478. The van der Waals surface area contributed by atoms with Crippen molar-refractivity contribution >= 4 is 5.91 Å². The molecule has 0 atom stereocenters. The summed E-state index contributed by atoms with van der Waals surface area (Å²) in [5.41, 5.74) is 1.92. The number of H-pyrrole nitrogens is 1. The number of aryl methyl sites for hydroxylation is 1. The molecule has 2 aliphatic rings. The number of amides is 1. The number of rotatable bonds is 6. The maximum absolute atomic E-state index is 12.6. The number of carbonyl (C=O) groups is 1. The van der Waals surface area contributed by atoms with Crippen LogP contribution in [-0.4, -0.2) is 46.6 Å². The number of nitrogens with one attached hydrogen (secondary N) is 1. The van der Waals surface area contributed by atoms with Crippen molar-refractivity contribution in [3.05, 3.63) is 57.3 Å². The molecule has 0 aliphatic carbocycles. The number of fused-ring (bicyclic) bond motifs is 1. The number of benzene rings is 1. The molecule has 0 saturated carbocycles. The molecule has 8 heteroatoms. The SMILES string of the molecule is N#Cc1ccc(OC2CCN(C(=O)CCCc3nc4c(c(=O)[nH]3)COCC4)CC2)cc1. The Kier molecular flexibility index (Phi) is 6.63. The van der Waals surface area contributed by atoms with Crippen LogP contribution in [0.15, 0.2) is 29.1 Å². The molecular weight excluding hydrogens is 396 g/mol. The van der Waals surface area contributed by atoms with Crippen molar-refractivity contribution in [1.82, 2.24) is 14.9 Å². The van der Waals surface area contributed by atoms with E-state index in [0.717, 1.165) is 24.3 Å². The summed E-state index contributed by atoms with van der Waals surface area (Å²) in [5, 5.41) is 8.86. The number of likely N-dealkylation sites (tertiary alicyclic amines) is 1. The normalized spacial score (nSPS) is 16.4. The molecule has 1 aromatic heterocycles. The monoisotopic (exact) mass is 422 g/mol. The van der Waals surface area contributed by atoms with Crippen molar-refractivity contribution in [2.24, 2.45) is 0 Å². The van der Waals surface area contributed by atoms with Gasteiger partial charge in [0.1, 0.15) is 17.7 Å². The first-order valence-electron chi connectivity index (χ1n) is 10.8. The summed E-state index contributed by atoms with van der Waals surface area (Å²) in [4.78, 5) is 34.0. The highest BCUT2D eigenvalue weighted by atomic mass is 16.5. The Morgan fingerprint density at radius 2 is 2.06 bits per heavy atom. The number of aromatic nitrogens is 2. The minimum absolute atomic E-state index is 0.0748. The van der Waals surface area contributed by atoms with Gasteiger partial charge in [-0.05, 0) is 30.7 Å². The number of aromatic amines is 1. The molecule has 1 fully saturated rings. The molecule has 2 aromatic rings. The van der Waals surface area contributed by atoms with Crippen LogP contribution in [-0.2, 0) is 29.0 Å². The lowest BCUT2D eigenvalue weighted by molar-refractivity contribution is -0.133. The van der Waals surface area contributed by atoms with E-state index in [9.17, 15) is 9.59 Å². The summed E-state index contributed by atoms with van der Waals surface area (Å²) in [6, 6.07) is 9.19. The van der Waals surface area contributed by atoms with Gasteiger partial charge in [-0.2, -0.15) is 5.26 Å². The van der Waals surface area contributed by atoms with Gasteiger partial charge in [-0.3, -0.25) is 9.59 Å². The number of carbonyl (C=O) groups excluding carboxylic acids is 1. The van der Waals surface area contributed by atoms with Crippen LogP contribution >= 0.6 is 0 Å². The zero-order valence-electron chi connectivity index (χ0n) is 17.4. The van der Waals surface area contributed by atoms with Crippen molar-refractivity contribution in [2.75, 3.05) is 19.7 Å². The van der Waals surface area contributed by atoms with E-state index in [2.05, 4.69) is 16.0 Å². The van der Waals surface area contributed by atoms with Crippen molar-refractivity contribution in [2.45, 2.75) is 51.2 Å². The van der Waals surface area contributed by atoms with Gasteiger partial charge in [0.2, 0.25) is 5.91 Å². The third-order valence-electron chi connectivity index (χ3n) is 5.76. The lowest BCUT2D eigenvalue weighted by Crippen LogP contribution is -2.41. The molecule has 0 radical (unpaired) electrons. The van der Waals surface area contributed by atoms with Gasteiger partial charge in [-0.25, -0.2) is 4.98 Å². The molecule has 31 heavy (non-hydrogen) atoms. The fourth-order valence-corrected chi connectivity index (χ4v) is 4.00. The summed E-state index contributed by atoms with van der Waals surface area (Å²) in [7, 11) is 0. The van der Waals surface area contributed by atoms with E-state index in [1.54, 1.807) is 12.1 Å². The molecule has 0 spiro atoms. The highest BCUT2D eigenvalue weighted by Gasteiger charge is 2.24. The average molecular weight is 422 g/mol. The molecule has 1 amide bonds. The second-order valence-electron chi connectivity index (χ2n) is 7.93. The second kappa shape index (κ2) is 9.75. The van der Waals surface area contributed by atoms with Crippen LogP contribution in [0.2, 0.25) is 0 Å². The minimum Gasteiger partial charge on any atom is -0.490 e. The Morgan fingerprint density at radius 1 is 1.29 bits per heavy atom. The van der Waals surface area contributed by atoms with E-state index in [4.69, 9.17) is 14.7 Å². The van der Waals surface area contributed by atoms with E-state index in [-0.39, 0.29) is 17.6 Å². The third-order valence-corrected chi connectivity index (χ3v) is 5.76. The predicted octanol–water partition coefficient (Wildman–Crippen LogP) is 2.11. The number of hydrogen-bond acceptors (Lipinski definition) is 6. The van der Waals surface area contributed by atoms with Gasteiger partial charge in [0.05, 0.1) is 36.1 Å². The first-order chi connectivity index (χ1) is 15.1. The van der Waals surface area contributed by atoms with Gasteiger partial charge in [-0.15, -0.1) is 0 Å². The molecule has 0 bridgehead atoms. The van der Waals surface area contributed by atoms with Crippen LogP contribution in [0.25, 0.3) is 0 Å². The van der Waals surface area contributed by atoms with E-state index < -0.39 is 0 Å². The molecule has 0 unspecified atom stereocenters. The van der Waals surface area contributed by atoms with Gasteiger partial charge in [0.15, 0.2) is 0 Å². The van der Waals surface area contributed by atoms with Crippen molar-refractivity contribution in [3.63, 3.8) is 0 Å². The van der Waals surface area contributed by atoms with Gasteiger partial charge < -0.3 is 19.4 Å². The summed E-state index contributed by atoms with van der Waals surface area (Å²) in [6.45, 7) is 2.26. The summed E-state index contributed by atoms with van der Waals surface area (Å²) in [5.74, 6) is 1.53. The number of piperidine rings is 1. The Morgan fingerprint density at radius 3 is 2.81 bits per heavy atom. The maximum atomic E-state index is 12.6. The molecule has 1 N–H and O–H groups in total. The molecule has 162 valence electrons. The fourth-order valence-electron chi connectivity index (χ4n) is 4.00. The first kappa shape index (κ1) is 21.1. The van der Waals surface area contributed by atoms with E-state index >= 15 is 0 Å². The van der Waals surface area contributed by atoms with Crippen LogP contribution < -0.4 is 10.3 Å². The van der Waals surface area contributed by atoms with Crippen molar-refractivity contribution in [3.8, 4) is 11.8 Å². The van der Waals surface area contributed by atoms with Gasteiger partial charge >= 0.3 is 0 Å². The Bertz CT molecular complexity index is 1020. The van der Waals surface area contributed by atoms with Crippen LogP contribution in [0.1, 0.15) is 48.3 Å². The largest absolute Gasteiger partial charge is 0.490 e. The van der Waals surface area contributed by atoms with E-state index in [0.29, 0.717) is 68.9 Å². The van der Waals surface area contributed by atoms with E-state index in [1.807, 2.05) is 17.0 Å². The van der Waals surface area contributed by atoms with Gasteiger partial charge in [0.25, 0.3) is 5.56 Å². The first-order valence-corrected chi connectivity index (χ1v) is 10.8. The number of nitriles is 1. The molecule has 1 saturated heterocycles. The standard InChI is InChI=1S/C23H26N4O4/c24-14-16-4-6-17(7-5-16)31-18-8-11-27(12-9-18)22(28)3-1-2-21-25-20-10-13-30-15-19(20)23(29)26-21/h4-7,18H,1-3,8-13,15H2,(H,25,26,29). The van der Waals surface area contributed by atoms with Crippen molar-refractivity contribution < 1.29 is 14.3 Å². The smallest absolute Gasteiger partial charge is 0.256 e. The number of nitrogens with zero attached hydrogens (tertiary/aromatic N) is 3. The molecule has 2 aliphatic heterocycles. The topological polar surface area (TPSA) is 108 Å². The minimum atomic E-state index is -0.129. The van der Waals surface area contributed by atoms with Crippen LogP contribution in [0.3, 0.4) is 0 Å². The zero-order valence-corrected chi connectivity index (χ0v) is 17.4. The third kappa shape index (κ3) is 5.30. The van der Waals surface area contributed by atoms with Gasteiger partial charge in [-0.1, -0.05) is 0 Å². The van der Waals surface area contributed by atoms with Crippen LogP contribution in [0.5, 0.6) is 5.75 Å². The highest BCUT2D eigenvalue weighted by Crippen LogP contribution is 2.20. The summed E-state index contributed by atoms with van der Waals surface area (Å²) in [6.07, 6.45) is 3.97. The lowest BCUT2D eigenvalue weighted by Gasteiger charge is -2.32. The maximum Gasteiger partial charge on any atom is 0.256 e. The lowest BCUT2D eigenvalue weighted by atomic mass is 10.1. The van der Waals surface area contributed by atoms with Crippen LogP contribution in [0.4, 0.5) is 0 Å². The second-order valence-corrected chi connectivity index (χ2v) is 7.93. The molecule has 4 rings (SSSR count). The molecule has 1 aromatic carbocycles. The predicted molar refractivity (Wildman–Crippen MR) is 113 cm³/mol. The highest BCUT2D eigenvalue weighted by molar-refractivity contribution is 5.76. The molecule has 3 heterocycles.